The minimum Gasteiger partial charge on any atom is -0.496 e. The molecule has 2 aromatic rings. The Morgan fingerprint density at radius 2 is 2.15 bits per heavy atom. The highest BCUT2D eigenvalue weighted by Crippen LogP contribution is 2.29. The molecular formula is C14H16ClN3O2. The van der Waals surface area contributed by atoms with Gasteiger partial charge in [0.25, 0.3) is 5.56 Å². The highest BCUT2D eigenvalue weighted by Gasteiger charge is 2.16. The number of benzene rings is 1. The molecule has 2 rings (SSSR count). The summed E-state index contributed by atoms with van der Waals surface area (Å²) in [5.41, 5.74) is 7.39. The van der Waals surface area contributed by atoms with Crippen molar-refractivity contribution in [3.63, 3.8) is 0 Å². The molecule has 0 saturated carbocycles. The van der Waals surface area contributed by atoms with Gasteiger partial charge in [-0.25, -0.2) is 4.68 Å². The van der Waals surface area contributed by atoms with Gasteiger partial charge in [-0.1, -0.05) is 11.6 Å². The SMILES string of the molecule is CCn1nc(C(N)c2cc(Cl)ccc2OC)ccc1=O. The van der Waals surface area contributed by atoms with E-state index in [1.807, 2.05) is 6.92 Å². The quantitative estimate of drug-likeness (QED) is 0.936. The van der Waals surface area contributed by atoms with Crippen LogP contribution in [0.4, 0.5) is 0 Å². The van der Waals surface area contributed by atoms with Crippen LogP contribution in [0.2, 0.25) is 5.02 Å². The number of aromatic nitrogens is 2. The lowest BCUT2D eigenvalue weighted by Crippen LogP contribution is -2.25. The normalized spacial score (nSPS) is 12.2. The minimum atomic E-state index is -0.512. The number of nitrogens with zero attached hydrogens (tertiary/aromatic N) is 2. The summed E-state index contributed by atoms with van der Waals surface area (Å²) in [6.45, 7) is 2.34. The molecule has 5 nitrogen and oxygen atoms in total. The molecule has 0 fully saturated rings. The topological polar surface area (TPSA) is 70.1 Å². The maximum atomic E-state index is 11.6. The fourth-order valence-corrected chi connectivity index (χ4v) is 2.15. The van der Waals surface area contributed by atoms with Crippen LogP contribution in [0.15, 0.2) is 35.1 Å². The molecule has 6 heteroatoms. The molecule has 0 bridgehead atoms. The summed E-state index contributed by atoms with van der Waals surface area (Å²) in [5.74, 6) is 0.637. The van der Waals surface area contributed by atoms with E-state index in [4.69, 9.17) is 22.1 Å². The Morgan fingerprint density at radius 3 is 2.80 bits per heavy atom. The lowest BCUT2D eigenvalue weighted by atomic mass is 10.0. The van der Waals surface area contributed by atoms with Crippen LogP contribution in [0.25, 0.3) is 0 Å². The lowest BCUT2D eigenvalue weighted by Gasteiger charge is -2.16. The first kappa shape index (κ1) is 14.6. The highest BCUT2D eigenvalue weighted by molar-refractivity contribution is 6.30. The van der Waals surface area contributed by atoms with Gasteiger partial charge in [-0.3, -0.25) is 4.79 Å². The van der Waals surface area contributed by atoms with Gasteiger partial charge >= 0.3 is 0 Å². The number of hydrogen-bond donors (Lipinski definition) is 1. The van der Waals surface area contributed by atoms with Crippen LogP contribution in [0.3, 0.4) is 0 Å². The van der Waals surface area contributed by atoms with E-state index in [0.717, 1.165) is 5.56 Å². The van der Waals surface area contributed by atoms with Gasteiger partial charge in [-0.05, 0) is 31.2 Å². The Morgan fingerprint density at radius 1 is 1.40 bits per heavy atom. The van der Waals surface area contributed by atoms with Gasteiger partial charge in [0, 0.05) is 23.2 Å². The van der Waals surface area contributed by atoms with Crippen molar-refractivity contribution in [3.05, 3.63) is 57.0 Å². The number of ether oxygens (including phenoxy) is 1. The van der Waals surface area contributed by atoms with E-state index in [9.17, 15) is 4.79 Å². The Kier molecular flexibility index (Phi) is 4.42. The van der Waals surface area contributed by atoms with Crippen LogP contribution in [0.1, 0.15) is 24.2 Å². The summed E-state index contributed by atoms with van der Waals surface area (Å²) in [7, 11) is 1.57. The van der Waals surface area contributed by atoms with Crippen LogP contribution >= 0.6 is 11.6 Å². The molecule has 1 heterocycles. The molecule has 1 unspecified atom stereocenters. The fraction of sp³-hybridized carbons (Fsp3) is 0.286. The highest BCUT2D eigenvalue weighted by atomic mass is 35.5. The number of nitrogens with two attached hydrogens (primary N) is 1. The van der Waals surface area contributed by atoms with E-state index in [-0.39, 0.29) is 5.56 Å². The molecule has 1 aromatic carbocycles. The van der Waals surface area contributed by atoms with Crippen LogP contribution in [-0.2, 0) is 6.54 Å². The van der Waals surface area contributed by atoms with Gasteiger partial charge < -0.3 is 10.5 Å². The predicted molar refractivity (Wildman–Crippen MR) is 78.2 cm³/mol. The summed E-state index contributed by atoms with van der Waals surface area (Å²) in [5, 5.41) is 4.82. The number of hydrogen-bond acceptors (Lipinski definition) is 4. The van der Waals surface area contributed by atoms with E-state index in [0.29, 0.717) is 23.0 Å². The molecule has 0 aliphatic heterocycles. The molecule has 0 spiro atoms. The molecule has 0 radical (unpaired) electrons. The first-order valence-electron chi connectivity index (χ1n) is 6.24. The number of rotatable bonds is 4. The molecule has 0 amide bonds. The van der Waals surface area contributed by atoms with E-state index in [2.05, 4.69) is 5.10 Å². The zero-order valence-electron chi connectivity index (χ0n) is 11.3. The third-order valence-electron chi connectivity index (χ3n) is 3.03. The van der Waals surface area contributed by atoms with Gasteiger partial charge in [0.2, 0.25) is 0 Å². The Balaban J connectivity index is 2.48. The van der Waals surface area contributed by atoms with Crippen molar-refractivity contribution in [2.45, 2.75) is 19.5 Å². The molecule has 20 heavy (non-hydrogen) atoms. The van der Waals surface area contributed by atoms with Crippen molar-refractivity contribution in [2.24, 2.45) is 5.73 Å². The van der Waals surface area contributed by atoms with E-state index < -0.39 is 6.04 Å². The summed E-state index contributed by atoms with van der Waals surface area (Å²) in [4.78, 5) is 11.6. The van der Waals surface area contributed by atoms with Crippen LogP contribution in [0.5, 0.6) is 5.75 Å². The molecule has 1 atom stereocenters. The van der Waals surface area contributed by atoms with Gasteiger partial charge in [-0.15, -0.1) is 0 Å². The van der Waals surface area contributed by atoms with Crippen molar-refractivity contribution in [1.29, 1.82) is 0 Å². The van der Waals surface area contributed by atoms with Crippen LogP contribution in [0, 0.1) is 0 Å². The fourth-order valence-electron chi connectivity index (χ4n) is 1.96. The zero-order valence-corrected chi connectivity index (χ0v) is 12.1. The van der Waals surface area contributed by atoms with E-state index in [1.54, 1.807) is 31.4 Å². The van der Waals surface area contributed by atoms with E-state index >= 15 is 0 Å². The average Bonchev–Trinajstić information content (AvgIpc) is 2.47. The molecule has 1 aromatic heterocycles. The third-order valence-corrected chi connectivity index (χ3v) is 3.27. The average molecular weight is 294 g/mol. The number of halogens is 1. The predicted octanol–water partition coefficient (Wildman–Crippen LogP) is 1.97. The molecular weight excluding hydrogens is 278 g/mol. The Labute approximate surface area is 121 Å². The molecule has 0 aliphatic rings. The minimum absolute atomic E-state index is 0.151. The first-order chi connectivity index (χ1) is 9.56. The number of aryl methyl sites for hydroxylation is 1. The molecule has 2 N–H and O–H groups in total. The summed E-state index contributed by atoms with van der Waals surface area (Å²) in [6, 6.07) is 7.81. The third kappa shape index (κ3) is 2.84. The standard InChI is InChI=1S/C14H16ClN3O2/c1-3-18-13(19)7-5-11(17-18)14(16)10-8-9(15)4-6-12(10)20-2/h4-8,14H,3,16H2,1-2H3. The van der Waals surface area contributed by atoms with E-state index in [1.165, 1.54) is 10.7 Å². The monoisotopic (exact) mass is 293 g/mol. The van der Waals surface area contributed by atoms with Gasteiger partial charge in [0.15, 0.2) is 0 Å². The van der Waals surface area contributed by atoms with Crippen LogP contribution in [-0.4, -0.2) is 16.9 Å². The zero-order chi connectivity index (χ0) is 14.7. The summed E-state index contributed by atoms with van der Waals surface area (Å²) >= 11 is 6.00. The lowest BCUT2D eigenvalue weighted by molar-refractivity contribution is 0.407. The Bertz CT molecular complexity index is 670. The van der Waals surface area contributed by atoms with Crippen molar-refractivity contribution < 1.29 is 4.74 Å². The maximum Gasteiger partial charge on any atom is 0.266 e. The van der Waals surface area contributed by atoms with Gasteiger partial charge in [-0.2, -0.15) is 5.10 Å². The van der Waals surface area contributed by atoms with Crippen molar-refractivity contribution in [1.82, 2.24) is 9.78 Å². The van der Waals surface area contributed by atoms with Gasteiger partial charge in [0.1, 0.15) is 5.75 Å². The summed E-state index contributed by atoms with van der Waals surface area (Å²) < 4.78 is 6.66. The Hall–Kier alpha value is -1.85. The summed E-state index contributed by atoms with van der Waals surface area (Å²) in [6.07, 6.45) is 0. The van der Waals surface area contributed by atoms with Crippen LogP contribution < -0.4 is 16.0 Å². The van der Waals surface area contributed by atoms with Crippen molar-refractivity contribution in [3.8, 4) is 5.75 Å². The maximum absolute atomic E-state index is 11.6. The number of methoxy groups -OCH3 is 1. The molecule has 0 aliphatic carbocycles. The molecule has 106 valence electrons. The second-order valence-electron chi connectivity index (χ2n) is 4.28. The second kappa shape index (κ2) is 6.07. The first-order valence-corrected chi connectivity index (χ1v) is 6.61. The molecule has 0 saturated heterocycles. The van der Waals surface area contributed by atoms with Gasteiger partial charge in [0.05, 0.1) is 18.8 Å². The largest absolute Gasteiger partial charge is 0.496 e. The smallest absolute Gasteiger partial charge is 0.266 e. The van der Waals surface area contributed by atoms with Crippen molar-refractivity contribution >= 4 is 11.6 Å². The second-order valence-corrected chi connectivity index (χ2v) is 4.71. The van der Waals surface area contributed by atoms with Crippen molar-refractivity contribution in [2.75, 3.05) is 7.11 Å².